The van der Waals surface area contributed by atoms with Gasteiger partial charge in [0.05, 0.1) is 5.39 Å². The van der Waals surface area contributed by atoms with Crippen molar-refractivity contribution in [1.29, 1.82) is 0 Å². The predicted molar refractivity (Wildman–Crippen MR) is 89.5 cm³/mol. The summed E-state index contributed by atoms with van der Waals surface area (Å²) in [5.74, 6) is -0.660. The Morgan fingerprint density at radius 1 is 1.17 bits per heavy atom. The Kier molecular flexibility index (Phi) is 4.32. The lowest BCUT2D eigenvalue weighted by Crippen LogP contribution is -2.14. The summed E-state index contributed by atoms with van der Waals surface area (Å²) in [7, 11) is 0. The van der Waals surface area contributed by atoms with Gasteiger partial charge in [0.2, 0.25) is 0 Å². The third-order valence-corrected chi connectivity index (χ3v) is 3.69. The zero-order valence-corrected chi connectivity index (χ0v) is 12.9. The molecule has 0 radical (unpaired) electrons. The number of aromatic amines is 1. The van der Waals surface area contributed by atoms with Gasteiger partial charge in [0, 0.05) is 17.3 Å². The van der Waals surface area contributed by atoms with E-state index in [2.05, 4.69) is 4.98 Å². The van der Waals surface area contributed by atoms with Gasteiger partial charge in [-0.1, -0.05) is 29.8 Å². The van der Waals surface area contributed by atoms with E-state index in [0.29, 0.717) is 16.1 Å². The summed E-state index contributed by atoms with van der Waals surface area (Å²) in [6.45, 7) is 0.366. The molecule has 2 aromatic carbocycles. The van der Waals surface area contributed by atoms with Crippen LogP contribution in [-0.2, 0) is 0 Å². The number of benzene rings is 2. The third kappa shape index (κ3) is 3.06. The van der Waals surface area contributed by atoms with Crippen molar-refractivity contribution in [2.75, 3.05) is 13.2 Å². The van der Waals surface area contributed by atoms with Crippen LogP contribution in [0.1, 0.15) is 0 Å². The van der Waals surface area contributed by atoms with Gasteiger partial charge < -0.3 is 15.5 Å². The molecule has 0 bridgehead atoms. The van der Waals surface area contributed by atoms with E-state index in [1.807, 2.05) is 0 Å². The number of nitrogens with one attached hydrogen (secondary N) is 1. The second-order valence-electron chi connectivity index (χ2n) is 5.00. The first kappa shape index (κ1) is 15.5. The molecular formula is C17H14ClFN2O2. The van der Waals surface area contributed by atoms with Crippen molar-refractivity contribution in [2.24, 2.45) is 5.73 Å². The average Bonchev–Trinajstić information content (AvgIpc) is 2.54. The lowest BCUT2D eigenvalue weighted by Gasteiger charge is -2.10. The van der Waals surface area contributed by atoms with Crippen molar-refractivity contribution in [1.82, 2.24) is 4.98 Å². The molecule has 0 spiro atoms. The number of halogens is 2. The standard InChI is InChI=1S/C17H14ClFN2O2/c18-12-4-1-10(2-5-12)14-9-11-3-6-13(19)16(23-8-7-20)15(11)17(22)21-14/h1-6,9H,7-8,20H2,(H,21,22). The first-order valence-corrected chi connectivity index (χ1v) is 7.42. The lowest BCUT2D eigenvalue weighted by atomic mass is 10.1. The summed E-state index contributed by atoms with van der Waals surface area (Å²) >= 11 is 5.87. The van der Waals surface area contributed by atoms with Gasteiger partial charge in [-0.2, -0.15) is 0 Å². The number of rotatable bonds is 4. The zero-order valence-electron chi connectivity index (χ0n) is 12.1. The van der Waals surface area contributed by atoms with Crippen LogP contribution in [0.2, 0.25) is 5.02 Å². The Hall–Kier alpha value is -2.37. The molecule has 0 saturated heterocycles. The fourth-order valence-corrected chi connectivity index (χ4v) is 2.52. The Balaban J connectivity index is 2.18. The van der Waals surface area contributed by atoms with Gasteiger partial charge in [-0.25, -0.2) is 4.39 Å². The first-order valence-electron chi connectivity index (χ1n) is 7.04. The fraction of sp³-hybridized carbons (Fsp3) is 0.118. The molecule has 3 rings (SSSR count). The molecule has 3 N–H and O–H groups in total. The number of H-pyrrole nitrogens is 1. The van der Waals surface area contributed by atoms with E-state index < -0.39 is 11.4 Å². The van der Waals surface area contributed by atoms with Gasteiger partial charge in [-0.3, -0.25) is 4.79 Å². The van der Waals surface area contributed by atoms with Gasteiger partial charge in [-0.15, -0.1) is 0 Å². The van der Waals surface area contributed by atoms with E-state index in [1.165, 1.54) is 6.07 Å². The lowest BCUT2D eigenvalue weighted by molar-refractivity contribution is 0.315. The van der Waals surface area contributed by atoms with Crippen LogP contribution in [0.3, 0.4) is 0 Å². The highest BCUT2D eigenvalue weighted by molar-refractivity contribution is 6.30. The molecule has 0 fully saturated rings. The number of ether oxygens (including phenoxy) is 1. The van der Waals surface area contributed by atoms with Crippen molar-refractivity contribution in [2.45, 2.75) is 0 Å². The van der Waals surface area contributed by atoms with Crippen molar-refractivity contribution in [3.63, 3.8) is 0 Å². The number of hydrogen-bond donors (Lipinski definition) is 2. The summed E-state index contributed by atoms with van der Waals surface area (Å²) < 4.78 is 19.3. The number of pyridine rings is 1. The molecule has 1 aromatic heterocycles. The Labute approximate surface area is 136 Å². The highest BCUT2D eigenvalue weighted by Crippen LogP contribution is 2.28. The van der Waals surface area contributed by atoms with Gasteiger partial charge in [-0.05, 0) is 35.2 Å². The topological polar surface area (TPSA) is 68.1 Å². The summed E-state index contributed by atoms with van der Waals surface area (Å²) in [5, 5.41) is 1.37. The van der Waals surface area contributed by atoms with Gasteiger partial charge in [0.1, 0.15) is 6.61 Å². The van der Waals surface area contributed by atoms with Crippen LogP contribution in [0, 0.1) is 5.82 Å². The van der Waals surface area contributed by atoms with E-state index in [9.17, 15) is 9.18 Å². The van der Waals surface area contributed by atoms with Crippen molar-refractivity contribution < 1.29 is 9.13 Å². The number of nitrogens with two attached hydrogens (primary N) is 1. The van der Waals surface area contributed by atoms with Gasteiger partial charge in [0.15, 0.2) is 11.6 Å². The molecule has 1 heterocycles. The molecule has 0 aliphatic heterocycles. The molecule has 0 aliphatic rings. The normalized spacial score (nSPS) is 10.9. The number of fused-ring (bicyclic) bond motifs is 1. The average molecular weight is 333 g/mol. The van der Waals surface area contributed by atoms with Crippen molar-refractivity contribution >= 4 is 22.4 Å². The molecule has 0 atom stereocenters. The smallest absolute Gasteiger partial charge is 0.260 e. The minimum atomic E-state index is -0.587. The van der Waals surface area contributed by atoms with Crippen LogP contribution in [0.25, 0.3) is 22.0 Å². The molecule has 0 amide bonds. The zero-order chi connectivity index (χ0) is 16.4. The second kappa shape index (κ2) is 6.40. The first-order chi connectivity index (χ1) is 11.1. The van der Waals surface area contributed by atoms with Crippen LogP contribution in [0.5, 0.6) is 5.75 Å². The van der Waals surface area contributed by atoms with Crippen LogP contribution in [-0.4, -0.2) is 18.1 Å². The summed E-state index contributed by atoms with van der Waals surface area (Å²) in [6, 6.07) is 11.7. The largest absolute Gasteiger partial charge is 0.488 e. The van der Waals surface area contributed by atoms with Crippen LogP contribution in [0.15, 0.2) is 47.3 Å². The molecule has 4 nitrogen and oxygen atoms in total. The minimum absolute atomic E-state index is 0.0724. The monoisotopic (exact) mass is 332 g/mol. The fourth-order valence-electron chi connectivity index (χ4n) is 2.39. The molecule has 0 aliphatic carbocycles. The third-order valence-electron chi connectivity index (χ3n) is 3.44. The maximum atomic E-state index is 14.0. The van der Waals surface area contributed by atoms with Crippen LogP contribution >= 0.6 is 11.6 Å². The van der Waals surface area contributed by atoms with Crippen LogP contribution < -0.4 is 16.0 Å². The van der Waals surface area contributed by atoms with Crippen LogP contribution in [0.4, 0.5) is 4.39 Å². The number of hydrogen-bond acceptors (Lipinski definition) is 3. The summed E-state index contributed by atoms with van der Waals surface area (Å²) in [6.07, 6.45) is 0. The molecule has 118 valence electrons. The molecular weight excluding hydrogens is 319 g/mol. The molecule has 23 heavy (non-hydrogen) atoms. The summed E-state index contributed by atoms with van der Waals surface area (Å²) in [5.41, 5.74) is 6.39. The van der Waals surface area contributed by atoms with E-state index in [4.69, 9.17) is 22.1 Å². The van der Waals surface area contributed by atoms with E-state index in [-0.39, 0.29) is 24.3 Å². The molecule has 0 saturated carbocycles. The molecule has 6 heteroatoms. The van der Waals surface area contributed by atoms with E-state index >= 15 is 0 Å². The van der Waals surface area contributed by atoms with Crippen molar-refractivity contribution in [3.8, 4) is 17.0 Å². The molecule has 3 aromatic rings. The molecule has 0 unspecified atom stereocenters. The Morgan fingerprint density at radius 3 is 2.61 bits per heavy atom. The van der Waals surface area contributed by atoms with E-state index in [0.717, 1.165) is 5.56 Å². The maximum absolute atomic E-state index is 14.0. The van der Waals surface area contributed by atoms with Crippen molar-refractivity contribution in [3.05, 3.63) is 63.7 Å². The Morgan fingerprint density at radius 2 is 1.91 bits per heavy atom. The van der Waals surface area contributed by atoms with E-state index in [1.54, 1.807) is 36.4 Å². The SMILES string of the molecule is NCCOc1c(F)ccc2cc(-c3ccc(Cl)cc3)[nH]c(=O)c12. The minimum Gasteiger partial charge on any atom is -0.488 e. The highest BCUT2D eigenvalue weighted by atomic mass is 35.5. The predicted octanol–water partition coefficient (Wildman–Crippen LogP) is 3.33. The van der Waals surface area contributed by atoms with Gasteiger partial charge in [0.25, 0.3) is 5.56 Å². The highest BCUT2D eigenvalue weighted by Gasteiger charge is 2.14. The maximum Gasteiger partial charge on any atom is 0.260 e. The summed E-state index contributed by atoms with van der Waals surface area (Å²) in [4.78, 5) is 15.2. The van der Waals surface area contributed by atoms with Gasteiger partial charge >= 0.3 is 0 Å². The Bertz CT molecular complexity index is 907. The second-order valence-corrected chi connectivity index (χ2v) is 5.43. The number of aromatic nitrogens is 1. The quantitative estimate of drug-likeness (QED) is 0.770.